The van der Waals surface area contributed by atoms with E-state index in [1.165, 1.54) is 38.5 Å². The molecule has 0 aliphatic heterocycles. The van der Waals surface area contributed by atoms with Gasteiger partial charge in [-0.1, -0.05) is 30.9 Å². The van der Waals surface area contributed by atoms with E-state index < -0.39 is 5.60 Å². The second kappa shape index (κ2) is 4.63. The molecule has 3 fully saturated rings. The van der Waals surface area contributed by atoms with Gasteiger partial charge in [-0.15, -0.1) is 6.42 Å². The average molecular weight is 284 g/mol. The van der Waals surface area contributed by atoms with E-state index in [2.05, 4.69) is 18.9 Å². The topological polar surface area (TPSA) is 20.2 Å². The first-order chi connectivity index (χ1) is 10.1. The van der Waals surface area contributed by atoms with Crippen molar-refractivity contribution in [2.45, 2.75) is 70.3 Å². The van der Waals surface area contributed by atoms with Crippen molar-refractivity contribution < 1.29 is 5.11 Å². The molecule has 1 N–H and O–H groups in total. The van der Waals surface area contributed by atoms with Gasteiger partial charge in [-0.2, -0.15) is 0 Å². The van der Waals surface area contributed by atoms with Crippen molar-refractivity contribution in [3.8, 4) is 12.3 Å². The van der Waals surface area contributed by atoms with E-state index in [0.29, 0.717) is 5.92 Å². The summed E-state index contributed by atoms with van der Waals surface area (Å²) in [4.78, 5) is 0. The van der Waals surface area contributed by atoms with Crippen LogP contribution in [0.3, 0.4) is 0 Å². The van der Waals surface area contributed by atoms with Crippen LogP contribution in [0.4, 0.5) is 0 Å². The molecule has 1 heteroatoms. The molecule has 0 saturated heterocycles. The maximum Gasteiger partial charge on any atom is 0.130 e. The number of aliphatic hydroxyl groups is 1. The van der Waals surface area contributed by atoms with Crippen LogP contribution >= 0.6 is 0 Å². The largest absolute Gasteiger partial charge is 0.377 e. The lowest BCUT2D eigenvalue weighted by molar-refractivity contribution is -0.0813. The number of hydrogen-bond acceptors (Lipinski definition) is 1. The molecule has 0 aromatic rings. The molecule has 0 aromatic heterocycles. The van der Waals surface area contributed by atoms with Crippen LogP contribution in [0.5, 0.6) is 0 Å². The maximum absolute atomic E-state index is 10.9. The van der Waals surface area contributed by atoms with Crippen LogP contribution in [0.15, 0.2) is 11.6 Å². The van der Waals surface area contributed by atoms with E-state index in [0.717, 1.165) is 37.0 Å². The Morgan fingerprint density at radius 1 is 1.19 bits per heavy atom. The number of fused-ring (bicyclic) bond motifs is 5. The Balaban J connectivity index is 1.67. The van der Waals surface area contributed by atoms with Crippen LogP contribution in [0.25, 0.3) is 0 Å². The average Bonchev–Trinajstić information content (AvgIpc) is 2.79. The van der Waals surface area contributed by atoms with E-state index in [4.69, 9.17) is 6.42 Å². The monoisotopic (exact) mass is 284 g/mol. The molecule has 0 bridgehead atoms. The fraction of sp³-hybridized carbons (Fsp3) is 0.800. The molecule has 0 aromatic carbocycles. The highest BCUT2D eigenvalue weighted by molar-refractivity contribution is 5.25. The molecule has 6 atom stereocenters. The Bertz CT molecular complexity index is 512. The van der Waals surface area contributed by atoms with Crippen molar-refractivity contribution in [1.29, 1.82) is 0 Å². The zero-order chi connectivity index (χ0) is 14.7. The van der Waals surface area contributed by atoms with Crippen LogP contribution in [0, 0.1) is 41.4 Å². The molecule has 1 nitrogen and oxygen atoms in total. The third kappa shape index (κ3) is 1.75. The summed E-state index contributed by atoms with van der Waals surface area (Å²) >= 11 is 0. The van der Waals surface area contributed by atoms with Gasteiger partial charge in [-0.05, 0) is 75.0 Å². The van der Waals surface area contributed by atoms with Gasteiger partial charge in [0.05, 0.1) is 0 Å². The van der Waals surface area contributed by atoms with E-state index in [-0.39, 0.29) is 5.41 Å². The summed E-state index contributed by atoms with van der Waals surface area (Å²) in [6.07, 6.45) is 19.5. The van der Waals surface area contributed by atoms with Crippen molar-refractivity contribution in [2.24, 2.45) is 29.1 Å². The molecule has 0 spiro atoms. The Morgan fingerprint density at radius 2 is 2.05 bits per heavy atom. The van der Waals surface area contributed by atoms with Gasteiger partial charge in [0.25, 0.3) is 0 Å². The number of rotatable bonds is 0. The molecule has 0 amide bonds. The highest BCUT2D eigenvalue weighted by Gasteiger charge is 2.61. The molecule has 0 unspecified atom stereocenters. The van der Waals surface area contributed by atoms with E-state index in [1.54, 1.807) is 5.57 Å². The fourth-order valence-corrected chi connectivity index (χ4v) is 6.50. The Hall–Kier alpha value is -0.740. The van der Waals surface area contributed by atoms with Gasteiger partial charge in [0.2, 0.25) is 0 Å². The number of hydrogen-bond donors (Lipinski definition) is 1. The summed E-state index contributed by atoms with van der Waals surface area (Å²) in [6.45, 7) is 2.28. The molecule has 3 saturated carbocycles. The summed E-state index contributed by atoms with van der Waals surface area (Å²) in [6, 6.07) is 0. The van der Waals surface area contributed by atoms with Crippen LogP contribution < -0.4 is 0 Å². The maximum atomic E-state index is 10.9. The van der Waals surface area contributed by atoms with Gasteiger partial charge < -0.3 is 5.11 Å². The van der Waals surface area contributed by atoms with Gasteiger partial charge in [0.15, 0.2) is 0 Å². The Labute approximate surface area is 129 Å². The third-order valence-electron chi connectivity index (χ3n) is 7.76. The number of allylic oxidation sites excluding steroid dienone is 2. The first-order valence-electron chi connectivity index (χ1n) is 8.98. The van der Waals surface area contributed by atoms with Gasteiger partial charge >= 0.3 is 0 Å². The van der Waals surface area contributed by atoms with E-state index in [9.17, 15) is 5.11 Å². The van der Waals surface area contributed by atoms with Crippen molar-refractivity contribution in [1.82, 2.24) is 0 Å². The minimum absolute atomic E-state index is 0.0388. The van der Waals surface area contributed by atoms with Crippen molar-refractivity contribution in [2.75, 3.05) is 0 Å². The lowest BCUT2D eigenvalue weighted by atomic mass is 9.51. The van der Waals surface area contributed by atoms with Crippen LogP contribution in [0.2, 0.25) is 0 Å². The molecule has 0 heterocycles. The van der Waals surface area contributed by atoms with Gasteiger partial charge in [-0.3, -0.25) is 0 Å². The van der Waals surface area contributed by atoms with E-state index >= 15 is 0 Å². The standard InChI is InChI=1S/C20H28O/c1-3-20(21)13-11-18-17-9-8-14-6-4-5-7-15(14)16(17)10-12-19(18,20)2/h1,8,15-18,21H,4-7,9-13H2,2H3/t15-,16+,17+,18-,19-,20-/m0/s1. The summed E-state index contributed by atoms with van der Waals surface area (Å²) in [5, 5.41) is 10.9. The first-order valence-corrected chi connectivity index (χ1v) is 8.98. The molecule has 4 aliphatic rings. The SMILES string of the molecule is C#C[C@]1(O)CC[C@H]2[C@@H]3CC=C4CCCC[C@@H]4[C@H]3CC[C@@]21C. The predicted molar refractivity (Wildman–Crippen MR) is 85.5 cm³/mol. The Morgan fingerprint density at radius 3 is 2.86 bits per heavy atom. The van der Waals surface area contributed by atoms with Crippen molar-refractivity contribution in [3.05, 3.63) is 11.6 Å². The zero-order valence-corrected chi connectivity index (χ0v) is 13.3. The summed E-state index contributed by atoms with van der Waals surface area (Å²) in [5.41, 5.74) is 0.888. The molecule has 4 rings (SSSR count). The van der Waals surface area contributed by atoms with Crippen molar-refractivity contribution >= 4 is 0 Å². The van der Waals surface area contributed by atoms with Crippen LogP contribution in [-0.4, -0.2) is 10.7 Å². The molecular formula is C20H28O. The Kier molecular flexibility index (Phi) is 3.06. The van der Waals surface area contributed by atoms with E-state index in [1.807, 2.05) is 0 Å². The summed E-state index contributed by atoms with van der Waals surface area (Å²) in [7, 11) is 0. The quantitative estimate of drug-likeness (QED) is 0.519. The van der Waals surface area contributed by atoms with Crippen LogP contribution in [-0.2, 0) is 0 Å². The van der Waals surface area contributed by atoms with Gasteiger partial charge in [0.1, 0.15) is 5.60 Å². The second-order valence-corrected chi connectivity index (χ2v) is 8.30. The molecule has 114 valence electrons. The molecule has 0 radical (unpaired) electrons. The highest BCUT2D eigenvalue weighted by Crippen LogP contribution is 2.64. The van der Waals surface area contributed by atoms with Gasteiger partial charge in [0, 0.05) is 5.41 Å². The smallest absolute Gasteiger partial charge is 0.130 e. The first kappa shape index (κ1) is 13.9. The predicted octanol–water partition coefficient (Wildman–Crippen LogP) is 4.31. The van der Waals surface area contributed by atoms with Gasteiger partial charge in [-0.25, -0.2) is 0 Å². The third-order valence-corrected chi connectivity index (χ3v) is 7.76. The second-order valence-electron chi connectivity index (χ2n) is 8.30. The van der Waals surface area contributed by atoms with Crippen molar-refractivity contribution in [3.63, 3.8) is 0 Å². The summed E-state index contributed by atoms with van der Waals surface area (Å²) in [5.74, 6) is 5.92. The molecule has 21 heavy (non-hydrogen) atoms. The zero-order valence-electron chi connectivity index (χ0n) is 13.3. The molecule has 4 aliphatic carbocycles. The van der Waals surface area contributed by atoms with Crippen LogP contribution in [0.1, 0.15) is 64.7 Å². The highest BCUT2D eigenvalue weighted by atomic mass is 16.3. The lowest BCUT2D eigenvalue weighted by Gasteiger charge is -2.54. The normalized spacial score (nSPS) is 52.1. The minimum Gasteiger partial charge on any atom is -0.377 e. The number of terminal acetylenes is 1. The lowest BCUT2D eigenvalue weighted by Crippen LogP contribution is -2.51. The minimum atomic E-state index is -0.848. The molecular weight excluding hydrogens is 256 g/mol. The summed E-state index contributed by atoms with van der Waals surface area (Å²) < 4.78 is 0. The fourth-order valence-electron chi connectivity index (χ4n) is 6.50.